The van der Waals surface area contributed by atoms with E-state index in [0.717, 1.165) is 18.9 Å². The molecular weight excluding hydrogens is 298 g/mol. The second-order valence-electron chi connectivity index (χ2n) is 5.52. The molecule has 2 aromatic heterocycles. The van der Waals surface area contributed by atoms with E-state index in [9.17, 15) is 0 Å². The van der Waals surface area contributed by atoms with Crippen molar-refractivity contribution in [2.24, 2.45) is 7.05 Å². The average molecular weight is 315 g/mol. The number of hydrogen-bond donors (Lipinski definition) is 0. The lowest BCUT2D eigenvalue weighted by Gasteiger charge is -1.98. The zero-order valence-corrected chi connectivity index (χ0v) is 13.2. The van der Waals surface area contributed by atoms with Crippen molar-refractivity contribution in [3.8, 4) is 0 Å². The van der Waals surface area contributed by atoms with E-state index < -0.39 is 0 Å². The zero-order chi connectivity index (χ0) is 14.9. The Morgan fingerprint density at radius 3 is 3.14 bits per heavy atom. The van der Waals surface area contributed by atoms with Gasteiger partial charge in [-0.05, 0) is 12.5 Å². The summed E-state index contributed by atoms with van der Waals surface area (Å²) in [5, 5.41) is 5.36. The number of fused-ring (bicyclic) bond motifs is 1. The number of thioether (sulfide) groups is 1. The third-order valence-corrected chi connectivity index (χ3v) is 5.02. The van der Waals surface area contributed by atoms with Gasteiger partial charge >= 0.3 is 0 Å². The Bertz CT molecular complexity index is 790. The van der Waals surface area contributed by atoms with Gasteiger partial charge in [0, 0.05) is 41.6 Å². The van der Waals surface area contributed by atoms with Crippen molar-refractivity contribution in [3.05, 3.63) is 42.2 Å². The molecule has 0 N–H and O–H groups in total. The Hall–Kier alpha value is -1.79. The SMILES string of the molecule is Cn1cc(SCc2nc([C@@H]3CCOC3)no2)c2ccccc21. The predicted molar refractivity (Wildman–Crippen MR) is 85.0 cm³/mol. The Balaban J connectivity index is 1.50. The van der Waals surface area contributed by atoms with E-state index in [4.69, 9.17) is 9.26 Å². The molecule has 5 nitrogen and oxygen atoms in total. The van der Waals surface area contributed by atoms with Crippen molar-refractivity contribution < 1.29 is 9.26 Å². The fourth-order valence-corrected chi connectivity index (χ4v) is 3.75. The minimum atomic E-state index is 0.292. The maximum atomic E-state index is 5.37. The molecule has 114 valence electrons. The van der Waals surface area contributed by atoms with E-state index in [1.54, 1.807) is 11.8 Å². The van der Waals surface area contributed by atoms with Gasteiger partial charge in [0.2, 0.25) is 5.89 Å². The van der Waals surface area contributed by atoms with Gasteiger partial charge in [-0.25, -0.2) is 0 Å². The van der Waals surface area contributed by atoms with Gasteiger partial charge in [-0.2, -0.15) is 4.98 Å². The topological polar surface area (TPSA) is 53.1 Å². The molecule has 1 aromatic carbocycles. The smallest absolute Gasteiger partial charge is 0.237 e. The third kappa shape index (κ3) is 2.53. The molecular formula is C16H17N3O2S. The Morgan fingerprint density at radius 2 is 2.27 bits per heavy atom. The highest BCUT2D eigenvalue weighted by Crippen LogP contribution is 2.31. The second-order valence-corrected chi connectivity index (χ2v) is 6.53. The normalized spacial score (nSPS) is 18.3. The Morgan fingerprint density at radius 1 is 1.36 bits per heavy atom. The van der Waals surface area contributed by atoms with Gasteiger partial charge in [0.25, 0.3) is 0 Å². The van der Waals surface area contributed by atoms with Gasteiger partial charge in [0.15, 0.2) is 5.82 Å². The van der Waals surface area contributed by atoms with Gasteiger partial charge in [0.1, 0.15) is 0 Å². The first-order chi connectivity index (χ1) is 10.8. The summed E-state index contributed by atoms with van der Waals surface area (Å²) in [6.07, 6.45) is 3.13. The summed E-state index contributed by atoms with van der Waals surface area (Å²) in [7, 11) is 2.07. The number of ether oxygens (including phenoxy) is 1. The Kier molecular flexibility index (Phi) is 3.63. The van der Waals surface area contributed by atoms with Crippen molar-refractivity contribution in [2.45, 2.75) is 23.0 Å². The van der Waals surface area contributed by atoms with Crippen LogP contribution in [0.3, 0.4) is 0 Å². The average Bonchev–Trinajstić information content (AvgIpc) is 3.26. The lowest BCUT2D eigenvalue weighted by molar-refractivity contribution is 0.192. The van der Waals surface area contributed by atoms with Crippen molar-refractivity contribution in [3.63, 3.8) is 0 Å². The van der Waals surface area contributed by atoms with E-state index in [0.29, 0.717) is 24.2 Å². The van der Waals surface area contributed by atoms with Crippen LogP contribution in [0, 0.1) is 0 Å². The molecule has 1 atom stereocenters. The molecule has 0 radical (unpaired) electrons. The van der Waals surface area contributed by atoms with E-state index >= 15 is 0 Å². The fraction of sp³-hybridized carbons (Fsp3) is 0.375. The van der Waals surface area contributed by atoms with Gasteiger partial charge in [-0.1, -0.05) is 23.4 Å². The molecule has 0 aliphatic carbocycles. The van der Waals surface area contributed by atoms with E-state index in [-0.39, 0.29) is 0 Å². The summed E-state index contributed by atoms with van der Waals surface area (Å²) in [6, 6.07) is 8.40. The molecule has 0 spiro atoms. The van der Waals surface area contributed by atoms with Crippen LogP contribution in [0.5, 0.6) is 0 Å². The number of benzene rings is 1. The molecule has 0 saturated carbocycles. The van der Waals surface area contributed by atoms with Crippen LogP contribution in [-0.2, 0) is 17.5 Å². The molecule has 1 aliphatic heterocycles. The van der Waals surface area contributed by atoms with Crippen molar-refractivity contribution in [1.82, 2.24) is 14.7 Å². The van der Waals surface area contributed by atoms with Crippen LogP contribution in [0.4, 0.5) is 0 Å². The van der Waals surface area contributed by atoms with E-state index in [1.165, 1.54) is 15.8 Å². The third-order valence-electron chi connectivity index (χ3n) is 3.99. The monoisotopic (exact) mass is 315 g/mol. The highest BCUT2D eigenvalue weighted by atomic mass is 32.2. The maximum Gasteiger partial charge on any atom is 0.237 e. The molecule has 22 heavy (non-hydrogen) atoms. The maximum absolute atomic E-state index is 5.37. The first kappa shape index (κ1) is 13.8. The number of hydrogen-bond acceptors (Lipinski definition) is 5. The molecule has 3 aromatic rings. The lowest BCUT2D eigenvalue weighted by atomic mass is 10.1. The van der Waals surface area contributed by atoms with Crippen LogP contribution >= 0.6 is 11.8 Å². The molecule has 6 heteroatoms. The number of para-hydroxylation sites is 1. The van der Waals surface area contributed by atoms with Crippen LogP contribution in [-0.4, -0.2) is 27.9 Å². The number of aromatic nitrogens is 3. The van der Waals surface area contributed by atoms with Crippen molar-refractivity contribution in [1.29, 1.82) is 0 Å². The standard InChI is InChI=1S/C16H17N3O2S/c1-19-8-14(12-4-2-3-5-13(12)19)22-10-15-17-16(18-21-15)11-6-7-20-9-11/h2-5,8,11H,6-7,9-10H2,1H3/t11-/m1/s1. The van der Waals surface area contributed by atoms with Crippen LogP contribution < -0.4 is 0 Å². The number of nitrogens with zero attached hydrogens (tertiary/aromatic N) is 3. The van der Waals surface area contributed by atoms with Crippen LogP contribution in [0.15, 0.2) is 39.9 Å². The Labute approximate surface area is 132 Å². The number of aryl methyl sites for hydroxylation is 1. The fourth-order valence-electron chi connectivity index (χ4n) is 2.79. The molecule has 4 rings (SSSR count). The number of rotatable bonds is 4. The first-order valence-corrected chi connectivity index (χ1v) is 8.37. The minimum absolute atomic E-state index is 0.292. The van der Waals surface area contributed by atoms with Crippen LogP contribution in [0.2, 0.25) is 0 Å². The molecule has 0 bridgehead atoms. The highest BCUT2D eigenvalue weighted by molar-refractivity contribution is 7.98. The van der Waals surface area contributed by atoms with Gasteiger partial charge < -0.3 is 13.8 Å². The lowest BCUT2D eigenvalue weighted by Crippen LogP contribution is -1.99. The van der Waals surface area contributed by atoms with E-state index in [2.05, 4.69) is 52.2 Å². The van der Waals surface area contributed by atoms with E-state index in [1.807, 2.05) is 0 Å². The summed E-state index contributed by atoms with van der Waals surface area (Å²) in [5.41, 5.74) is 1.24. The van der Waals surface area contributed by atoms with Crippen molar-refractivity contribution in [2.75, 3.05) is 13.2 Å². The van der Waals surface area contributed by atoms with Crippen LogP contribution in [0.1, 0.15) is 24.1 Å². The van der Waals surface area contributed by atoms with Gasteiger partial charge in [-0.15, -0.1) is 11.8 Å². The summed E-state index contributed by atoms with van der Waals surface area (Å²) in [6.45, 7) is 1.49. The van der Waals surface area contributed by atoms with Gasteiger partial charge in [0.05, 0.1) is 12.4 Å². The predicted octanol–water partition coefficient (Wildman–Crippen LogP) is 3.36. The minimum Gasteiger partial charge on any atom is -0.381 e. The van der Waals surface area contributed by atoms with Crippen LogP contribution in [0.25, 0.3) is 10.9 Å². The molecule has 1 saturated heterocycles. The largest absolute Gasteiger partial charge is 0.381 e. The molecule has 1 aliphatic rings. The zero-order valence-electron chi connectivity index (χ0n) is 12.4. The summed E-state index contributed by atoms with van der Waals surface area (Å²) >= 11 is 1.73. The van der Waals surface area contributed by atoms with Gasteiger partial charge in [-0.3, -0.25) is 0 Å². The first-order valence-electron chi connectivity index (χ1n) is 7.38. The summed E-state index contributed by atoms with van der Waals surface area (Å²) in [5.74, 6) is 2.44. The summed E-state index contributed by atoms with van der Waals surface area (Å²) in [4.78, 5) is 5.75. The molecule has 0 unspecified atom stereocenters. The summed E-state index contributed by atoms with van der Waals surface area (Å²) < 4.78 is 12.9. The second kappa shape index (κ2) is 5.78. The quantitative estimate of drug-likeness (QED) is 0.691. The molecule has 0 amide bonds. The molecule has 1 fully saturated rings. The van der Waals surface area contributed by atoms with Crippen molar-refractivity contribution >= 4 is 22.7 Å². The molecule has 3 heterocycles. The highest BCUT2D eigenvalue weighted by Gasteiger charge is 2.23.